The Hall–Kier alpha value is -0.890. The highest BCUT2D eigenvalue weighted by molar-refractivity contribution is 5.80. The van der Waals surface area contributed by atoms with E-state index in [4.69, 9.17) is 14.5 Å². The summed E-state index contributed by atoms with van der Waals surface area (Å²) in [6, 6.07) is 0. The molecular weight excluding hydrogens is 366 g/mol. The van der Waals surface area contributed by atoms with Gasteiger partial charge in [-0.3, -0.25) is 9.89 Å². The molecule has 29 heavy (non-hydrogen) atoms. The average Bonchev–Trinajstić information content (AvgIpc) is 2.79. The van der Waals surface area contributed by atoms with Crippen molar-refractivity contribution in [3.8, 4) is 0 Å². The maximum Gasteiger partial charge on any atom is 0.193 e. The highest BCUT2D eigenvalue weighted by Crippen LogP contribution is 2.18. The Morgan fingerprint density at radius 3 is 2.41 bits per heavy atom. The molecule has 7 nitrogen and oxygen atoms in total. The quantitative estimate of drug-likeness (QED) is 0.486. The number of likely N-dealkylation sites (N-methyl/N-ethyl adjacent to an activating group) is 1. The number of likely N-dealkylation sites (tertiary alicyclic amines) is 1. The van der Waals surface area contributed by atoms with E-state index in [2.05, 4.69) is 33.9 Å². The van der Waals surface area contributed by atoms with Gasteiger partial charge in [-0.15, -0.1) is 0 Å². The monoisotopic (exact) mass is 409 g/mol. The van der Waals surface area contributed by atoms with Crippen molar-refractivity contribution in [2.24, 2.45) is 4.99 Å². The number of hydrogen-bond donors (Lipinski definition) is 1. The van der Waals surface area contributed by atoms with Crippen molar-refractivity contribution in [3.05, 3.63) is 0 Å². The summed E-state index contributed by atoms with van der Waals surface area (Å²) in [5.41, 5.74) is 0. The molecule has 0 aliphatic carbocycles. The van der Waals surface area contributed by atoms with Gasteiger partial charge in [-0.25, -0.2) is 0 Å². The molecule has 3 aliphatic heterocycles. The third-order valence-corrected chi connectivity index (χ3v) is 6.46. The Kier molecular flexibility index (Phi) is 10.00. The number of aliphatic imine (C=N–C) groups is 1. The first-order valence-corrected chi connectivity index (χ1v) is 12.0. The van der Waals surface area contributed by atoms with Crippen LogP contribution in [0.3, 0.4) is 0 Å². The van der Waals surface area contributed by atoms with Crippen molar-refractivity contribution in [2.75, 3.05) is 78.7 Å². The molecule has 7 heteroatoms. The molecule has 3 rings (SSSR count). The summed E-state index contributed by atoms with van der Waals surface area (Å²) >= 11 is 0. The predicted octanol–water partition coefficient (Wildman–Crippen LogP) is 1.64. The SMILES string of the molecule is CCNC(=NCCN1CCN(CC)CC1)N1CCC(OCC2CCCCO2)CC1. The maximum absolute atomic E-state index is 6.17. The lowest BCUT2D eigenvalue weighted by Crippen LogP contribution is -2.48. The van der Waals surface area contributed by atoms with Crippen molar-refractivity contribution in [3.63, 3.8) is 0 Å². The van der Waals surface area contributed by atoms with E-state index in [0.29, 0.717) is 12.2 Å². The van der Waals surface area contributed by atoms with E-state index in [1.807, 2.05) is 0 Å². The standard InChI is InChI=1S/C22H43N5O2/c1-3-23-22(24-10-13-26-16-14-25(4-2)15-17-26)27-11-8-20(9-12-27)29-19-21-7-5-6-18-28-21/h20-21H,3-19H2,1-2H3,(H,23,24). The Balaban J connectivity index is 1.36. The molecule has 0 radical (unpaired) electrons. The van der Waals surface area contributed by atoms with Crippen LogP contribution >= 0.6 is 0 Å². The van der Waals surface area contributed by atoms with Crippen LogP contribution in [0.1, 0.15) is 46.0 Å². The molecule has 0 spiro atoms. The summed E-state index contributed by atoms with van der Waals surface area (Å²) < 4.78 is 12.0. The molecule has 3 aliphatic rings. The average molecular weight is 410 g/mol. The largest absolute Gasteiger partial charge is 0.376 e. The normalized spacial score (nSPS) is 26.1. The third kappa shape index (κ3) is 7.70. The van der Waals surface area contributed by atoms with E-state index in [1.54, 1.807) is 0 Å². The summed E-state index contributed by atoms with van der Waals surface area (Å²) in [4.78, 5) is 12.4. The Morgan fingerprint density at radius 1 is 1.00 bits per heavy atom. The van der Waals surface area contributed by atoms with Gasteiger partial charge in [0.2, 0.25) is 0 Å². The molecule has 0 bridgehead atoms. The number of hydrogen-bond acceptors (Lipinski definition) is 5. The van der Waals surface area contributed by atoms with Crippen LogP contribution in [0.5, 0.6) is 0 Å². The smallest absolute Gasteiger partial charge is 0.193 e. The van der Waals surface area contributed by atoms with E-state index >= 15 is 0 Å². The Bertz CT molecular complexity index is 468. The van der Waals surface area contributed by atoms with Crippen LogP contribution < -0.4 is 5.32 Å². The van der Waals surface area contributed by atoms with Gasteiger partial charge >= 0.3 is 0 Å². The lowest BCUT2D eigenvalue weighted by Gasteiger charge is -2.35. The lowest BCUT2D eigenvalue weighted by molar-refractivity contribution is -0.0721. The van der Waals surface area contributed by atoms with Gasteiger partial charge in [0.05, 0.1) is 25.4 Å². The zero-order valence-corrected chi connectivity index (χ0v) is 18.8. The van der Waals surface area contributed by atoms with Gasteiger partial charge in [0.15, 0.2) is 5.96 Å². The fraction of sp³-hybridized carbons (Fsp3) is 0.955. The van der Waals surface area contributed by atoms with Crippen LogP contribution in [0.15, 0.2) is 4.99 Å². The number of rotatable bonds is 8. The zero-order valence-electron chi connectivity index (χ0n) is 18.8. The second-order valence-corrected chi connectivity index (χ2v) is 8.52. The summed E-state index contributed by atoms with van der Waals surface area (Å²) in [7, 11) is 0. The number of nitrogens with one attached hydrogen (secondary N) is 1. The molecule has 0 aromatic rings. The van der Waals surface area contributed by atoms with Crippen LogP contribution in [-0.2, 0) is 9.47 Å². The molecule has 3 fully saturated rings. The third-order valence-electron chi connectivity index (χ3n) is 6.46. The summed E-state index contributed by atoms with van der Waals surface area (Å²) in [6.07, 6.45) is 6.49. The molecule has 1 atom stereocenters. The minimum Gasteiger partial charge on any atom is -0.376 e. The van der Waals surface area contributed by atoms with Gasteiger partial charge in [-0.2, -0.15) is 0 Å². The van der Waals surface area contributed by atoms with Gasteiger partial charge < -0.3 is 24.6 Å². The van der Waals surface area contributed by atoms with Crippen molar-refractivity contribution in [1.82, 2.24) is 20.0 Å². The van der Waals surface area contributed by atoms with Crippen LogP contribution in [0.2, 0.25) is 0 Å². The van der Waals surface area contributed by atoms with Crippen LogP contribution in [-0.4, -0.2) is 112 Å². The maximum atomic E-state index is 6.17. The van der Waals surface area contributed by atoms with Crippen molar-refractivity contribution < 1.29 is 9.47 Å². The number of piperazine rings is 1. The highest BCUT2D eigenvalue weighted by atomic mass is 16.5. The van der Waals surface area contributed by atoms with Gasteiger partial charge in [0.25, 0.3) is 0 Å². The van der Waals surface area contributed by atoms with Gasteiger partial charge in [-0.1, -0.05) is 6.92 Å². The fourth-order valence-electron chi connectivity index (χ4n) is 4.47. The van der Waals surface area contributed by atoms with Gasteiger partial charge in [0.1, 0.15) is 0 Å². The Labute approximate surface area is 177 Å². The molecule has 1 unspecified atom stereocenters. The first-order chi connectivity index (χ1) is 14.3. The topological polar surface area (TPSA) is 52.6 Å². The molecule has 0 aromatic heterocycles. The van der Waals surface area contributed by atoms with E-state index < -0.39 is 0 Å². The predicted molar refractivity (Wildman–Crippen MR) is 119 cm³/mol. The lowest BCUT2D eigenvalue weighted by atomic mass is 10.1. The van der Waals surface area contributed by atoms with E-state index in [9.17, 15) is 0 Å². The number of guanidine groups is 1. The minimum absolute atomic E-state index is 0.319. The second-order valence-electron chi connectivity index (χ2n) is 8.52. The van der Waals surface area contributed by atoms with Crippen LogP contribution in [0.25, 0.3) is 0 Å². The molecule has 0 saturated carbocycles. The highest BCUT2D eigenvalue weighted by Gasteiger charge is 2.24. The molecule has 168 valence electrons. The van der Waals surface area contributed by atoms with Crippen molar-refractivity contribution in [1.29, 1.82) is 0 Å². The number of nitrogens with zero attached hydrogens (tertiary/aromatic N) is 4. The van der Waals surface area contributed by atoms with E-state index in [0.717, 1.165) is 71.2 Å². The van der Waals surface area contributed by atoms with Crippen molar-refractivity contribution in [2.45, 2.75) is 58.2 Å². The molecule has 1 N–H and O–H groups in total. The zero-order chi connectivity index (χ0) is 20.3. The molecular formula is C22H43N5O2. The minimum atomic E-state index is 0.319. The first kappa shape index (κ1) is 22.8. The molecule has 0 amide bonds. The second kappa shape index (κ2) is 12.7. The first-order valence-electron chi connectivity index (χ1n) is 12.0. The molecule has 0 aromatic carbocycles. The van der Waals surface area contributed by atoms with Crippen LogP contribution in [0, 0.1) is 0 Å². The van der Waals surface area contributed by atoms with Gasteiger partial charge in [0, 0.05) is 59.0 Å². The summed E-state index contributed by atoms with van der Waals surface area (Å²) in [5, 5.41) is 3.49. The Morgan fingerprint density at radius 2 is 1.76 bits per heavy atom. The van der Waals surface area contributed by atoms with E-state index in [-0.39, 0.29) is 0 Å². The molecule has 3 heterocycles. The van der Waals surface area contributed by atoms with Gasteiger partial charge in [-0.05, 0) is 45.6 Å². The van der Waals surface area contributed by atoms with Crippen molar-refractivity contribution >= 4 is 5.96 Å². The summed E-state index contributed by atoms with van der Waals surface area (Å²) in [6.45, 7) is 16.9. The summed E-state index contributed by atoms with van der Waals surface area (Å²) in [5.74, 6) is 1.08. The molecule has 3 saturated heterocycles. The number of ether oxygens (including phenoxy) is 2. The fourth-order valence-corrected chi connectivity index (χ4v) is 4.47. The van der Waals surface area contributed by atoms with E-state index in [1.165, 1.54) is 45.6 Å². The number of piperidine rings is 1. The van der Waals surface area contributed by atoms with Crippen LogP contribution in [0.4, 0.5) is 0 Å².